The van der Waals surface area contributed by atoms with Crippen molar-refractivity contribution in [2.75, 3.05) is 4.72 Å². The van der Waals surface area contributed by atoms with Crippen molar-refractivity contribution in [3.63, 3.8) is 0 Å². The number of nitrogens with one attached hydrogen (secondary N) is 1. The fourth-order valence-electron chi connectivity index (χ4n) is 2.38. The highest BCUT2D eigenvalue weighted by molar-refractivity contribution is 7.92. The first-order valence-electron chi connectivity index (χ1n) is 7.22. The minimum Gasteiger partial charge on any atom is -0.278 e. The Hall–Kier alpha value is -2.61. The van der Waals surface area contributed by atoms with Crippen molar-refractivity contribution in [2.45, 2.75) is 18.0 Å². The molecule has 0 spiro atoms. The molecular formula is C17H13F3N2O2S. The van der Waals surface area contributed by atoms with Gasteiger partial charge in [-0.25, -0.2) is 8.42 Å². The van der Waals surface area contributed by atoms with E-state index in [1.807, 2.05) is 6.92 Å². The molecule has 4 nitrogen and oxygen atoms in total. The summed E-state index contributed by atoms with van der Waals surface area (Å²) < 4.78 is 66.0. The monoisotopic (exact) mass is 366 g/mol. The second kappa shape index (κ2) is 6.03. The van der Waals surface area contributed by atoms with Crippen LogP contribution in [-0.2, 0) is 16.2 Å². The zero-order chi connectivity index (χ0) is 18.2. The van der Waals surface area contributed by atoms with Gasteiger partial charge in [0.2, 0.25) is 0 Å². The van der Waals surface area contributed by atoms with Crippen LogP contribution in [0.15, 0.2) is 59.6 Å². The standard InChI is InChI=1S/C17H13F3N2O2S/c1-11-5-7-14(8-6-11)25(23,24)22-13-9-12-3-2-4-15(17(18,19)20)16(12)21-10-13/h2-10,22H,1H3. The van der Waals surface area contributed by atoms with Crippen LogP contribution in [0.2, 0.25) is 0 Å². The Morgan fingerprint density at radius 2 is 1.72 bits per heavy atom. The number of anilines is 1. The molecule has 0 unspecified atom stereocenters. The number of pyridine rings is 1. The first-order chi connectivity index (χ1) is 11.7. The molecule has 0 aliphatic rings. The van der Waals surface area contributed by atoms with Gasteiger partial charge in [-0.15, -0.1) is 0 Å². The summed E-state index contributed by atoms with van der Waals surface area (Å²) >= 11 is 0. The summed E-state index contributed by atoms with van der Waals surface area (Å²) in [5.74, 6) is 0. The maximum Gasteiger partial charge on any atom is 0.418 e. The van der Waals surface area contributed by atoms with Crippen molar-refractivity contribution in [3.8, 4) is 0 Å². The summed E-state index contributed by atoms with van der Waals surface area (Å²) in [6, 6.07) is 11.2. The van der Waals surface area contributed by atoms with Crippen LogP contribution in [0.25, 0.3) is 10.9 Å². The molecule has 0 saturated heterocycles. The number of fused-ring (bicyclic) bond motifs is 1. The van der Waals surface area contributed by atoms with Gasteiger partial charge >= 0.3 is 6.18 Å². The van der Waals surface area contributed by atoms with E-state index in [0.29, 0.717) is 0 Å². The predicted molar refractivity (Wildman–Crippen MR) is 88.7 cm³/mol. The van der Waals surface area contributed by atoms with Gasteiger partial charge in [-0.3, -0.25) is 9.71 Å². The van der Waals surface area contributed by atoms with Gasteiger partial charge in [0.1, 0.15) is 0 Å². The lowest BCUT2D eigenvalue weighted by Gasteiger charge is -2.12. The quantitative estimate of drug-likeness (QED) is 0.749. The van der Waals surface area contributed by atoms with Gasteiger partial charge in [-0.2, -0.15) is 13.2 Å². The van der Waals surface area contributed by atoms with Gasteiger partial charge in [-0.1, -0.05) is 29.8 Å². The number of aryl methyl sites for hydroxylation is 1. The first kappa shape index (κ1) is 17.2. The van der Waals surface area contributed by atoms with E-state index in [0.717, 1.165) is 17.8 Å². The highest BCUT2D eigenvalue weighted by Crippen LogP contribution is 2.34. The lowest BCUT2D eigenvalue weighted by molar-refractivity contribution is -0.136. The topological polar surface area (TPSA) is 59.1 Å². The molecule has 25 heavy (non-hydrogen) atoms. The summed E-state index contributed by atoms with van der Waals surface area (Å²) in [6.45, 7) is 1.83. The van der Waals surface area contributed by atoms with Crippen LogP contribution in [0.1, 0.15) is 11.1 Å². The Morgan fingerprint density at radius 1 is 1.04 bits per heavy atom. The molecular weight excluding hydrogens is 353 g/mol. The summed E-state index contributed by atoms with van der Waals surface area (Å²) in [7, 11) is -3.85. The predicted octanol–water partition coefficient (Wildman–Crippen LogP) is 4.36. The van der Waals surface area contributed by atoms with Gasteiger partial charge < -0.3 is 0 Å². The highest BCUT2D eigenvalue weighted by Gasteiger charge is 2.33. The second-order valence-electron chi connectivity index (χ2n) is 5.52. The van der Waals surface area contributed by atoms with E-state index < -0.39 is 21.8 Å². The Kier molecular flexibility index (Phi) is 4.16. The molecule has 1 aromatic heterocycles. The van der Waals surface area contributed by atoms with Crippen molar-refractivity contribution in [1.29, 1.82) is 0 Å². The molecule has 0 aliphatic carbocycles. The van der Waals surface area contributed by atoms with Gasteiger partial charge in [0.15, 0.2) is 0 Å². The number of sulfonamides is 1. The number of hydrogen-bond donors (Lipinski definition) is 1. The fraction of sp³-hybridized carbons (Fsp3) is 0.118. The fourth-order valence-corrected chi connectivity index (χ4v) is 3.41. The van der Waals surface area contributed by atoms with Crippen LogP contribution in [-0.4, -0.2) is 13.4 Å². The molecule has 1 heterocycles. The zero-order valence-electron chi connectivity index (χ0n) is 13.0. The average Bonchev–Trinajstić information content (AvgIpc) is 2.53. The molecule has 130 valence electrons. The van der Waals surface area contributed by atoms with Crippen LogP contribution < -0.4 is 4.72 Å². The van der Waals surface area contributed by atoms with Crippen molar-refractivity contribution in [2.24, 2.45) is 0 Å². The smallest absolute Gasteiger partial charge is 0.278 e. The number of aromatic nitrogens is 1. The normalized spacial score (nSPS) is 12.3. The van der Waals surface area contributed by atoms with E-state index in [1.165, 1.54) is 30.3 Å². The maximum absolute atomic E-state index is 13.0. The van der Waals surface area contributed by atoms with Crippen molar-refractivity contribution in [3.05, 3.63) is 65.9 Å². The third-order valence-corrected chi connectivity index (χ3v) is 5.00. The number of alkyl halides is 3. The van der Waals surface area contributed by atoms with E-state index in [1.54, 1.807) is 12.1 Å². The summed E-state index contributed by atoms with van der Waals surface area (Å²) in [6.07, 6.45) is -3.46. The summed E-state index contributed by atoms with van der Waals surface area (Å²) in [4.78, 5) is 3.85. The van der Waals surface area contributed by atoms with Crippen LogP contribution >= 0.6 is 0 Å². The summed E-state index contributed by atoms with van der Waals surface area (Å²) in [5.41, 5.74) is -0.0929. The minimum atomic E-state index is -4.53. The number of halogens is 3. The third-order valence-electron chi connectivity index (χ3n) is 3.60. The van der Waals surface area contributed by atoms with Crippen molar-refractivity contribution < 1.29 is 21.6 Å². The molecule has 0 radical (unpaired) electrons. The number of benzene rings is 2. The van der Waals surface area contributed by atoms with E-state index >= 15 is 0 Å². The van der Waals surface area contributed by atoms with E-state index in [2.05, 4.69) is 9.71 Å². The molecule has 3 rings (SSSR count). The van der Waals surface area contributed by atoms with Crippen molar-refractivity contribution >= 4 is 26.6 Å². The molecule has 8 heteroatoms. The molecule has 0 saturated carbocycles. The van der Waals surface area contributed by atoms with Crippen LogP contribution in [0.3, 0.4) is 0 Å². The number of hydrogen-bond acceptors (Lipinski definition) is 3. The van der Waals surface area contributed by atoms with Crippen LogP contribution in [0.5, 0.6) is 0 Å². The van der Waals surface area contributed by atoms with Gasteiger partial charge in [0.25, 0.3) is 10.0 Å². The zero-order valence-corrected chi connectivity index (χ0v) is 13.8. The maximum atomic E-state index is 13.0. The molecule has 3 aromatic rings. The number of rotatable bonds is 3. The van der Waals surface area contributed by atoms with E-state index in [4.69, 9.17) is 0 Å². The Bertz CT molecular complexity index is 1030. The molecule has 0 atom stereocenters. The number of para-hydroxylation sites is 1. The molecule has 1 N–H and O–H groups in total. The van der Waals surface area contributed by atoms with Crippen molar-refractivity contribution in [1.82, 2.24) is 4.98 Å². The molecule has 0 bridgehead atoms. The average molecular weight is 366 g/mol. The lowest BCUT2D eigenvalue weighted by atomic mass is 10.1. The highest BCUT2D eigenvalue weighted by atomic mass is 32.2. The largest absolute Gasteiger partial charge is 0.418 e. The van der Waals surface area contributed by atoms with E-state index in [9.17, 15) is 21.6 Å². The minimum absolute atomic E-state index is 0.0576. The SMILES string of the molecule is Cc1ccc(S(=O)(=O)Nc2cnc3c(C(F)(F)F)cccc3c2)cc1. The van der Waals surface area contributed by atoms with Crippen LogP contribution in [0.4, 0.5) is 18.9 Å². The third kappa shape index (κ3) is 3.58. The summed E-state index contributed by atoms with van der Waals surface area (Å²) in [5, 5.41) is 0.193. The number of nitrogens with zero attached hydrogens (tertiary/aromatic N) is 1. The first-order valence-corrected chi connectivity index (χ1v) is 8.70. The van der Waals surface area contributed by atoms with Gasteiger partial charge in [0.05, 0.1) is 27.9 Å². The Morgan fingerprint density at radius 3 is 2.36 bits per heavy atom. The second-order valence-corrected chi connectivity index (χ2v) is 7.20. The lowest BCUT2D eigenvalue weighted by Crippen LogP contribution is -2.13. The van der Waals surface area contributed by atoms with E-state index in [-0.39, 0.29) is 21.5 Å². The molecule has 0 amide bonds. The Balaban J connectivity index is 1.99. The van der Waals surface area contributed by atoms with Gasteiger partial charge in [0, 0.05) is 5.39 Å². The molecule has 0 aliphatic heterocycles. The van der Waals surface area contributed by atoms with Gasteiger partial charge in [-0.05, 0) is 31.2 Å². The molecule has 0 fully saturated rings. The van der Waals surface area contributed by atoms with Crippen LogP contribution in [0, 0.1) is 6.92 Å². The molecule has 2 aromatic carbocycles. The Labute approximate surface area is 142 Å².